The fraction of sp³-hybridized carbons (Fsp3) is 0.0435. The van der Waals surface area contributed by atoms with E-state index in [1.807, 2.05) is 73.7 Å². The molecule has 0 saturated heterocycles. The van der Waals surface area contributed by atoms with Crippen LogP contribution in [0.3, 0.4) is 0 Å². The van der Waals surface area contributed by atoms with Crippen LogP contribution in [0.1, 0.15) is 21.6 Å². The van der Waals surface area contributed by atoms with E-state index in [1.54, 1.807) is 12.3 Å². The summed E-state index contributed by atoms with van der Waals surface area (Å²) >= 11 is 0. The third kappa shape index (κ3) is 3.78. The summed E-state index contributed by atoms with van der Waals surface area (Å²) in [6.07, 6.45) is 3.19. The zero-order valence-corrected chi connectivity index (χ0v) is 15.3. The lowest BCUT2D eigenvalue weighted by Crippen LogP contribution is -2.18. The number of para-hydroxylation sites is 1. The van der Waals surface area contributed by atoms with Crippen molar-refractivity contribution in [1.82, 2.24) is 15.4 Å². The van der Waals surface area contributed by atoms with Gasteiger partial charge in [-0.15, -0.1) is 0 Å². The van der Waals surface area contributed by atoms with Gasteiger partial charge in [0.25, 0.3) is 5.91 Å². The molecule has 5 heteroatoms. The molecule has 0 aliphatic rings. The summed E-state index contributed by atoms with van der Waals surface area (Å²) in [6.45, 7) is 2.04. The highest BCUT2D eigenvalue weighted by Gasteiger charge is 2.13. The number of aromatic nitrogens is 2. The Bertz CT molecular complexity index is 1150. The normalized spacial score (nSPS) is 11.0. The first-order valence-corrected chi connectivity index (χ1v) is 8.92. The Morgan fingerprint density at radius 2 is 1.79 bits per heavy atom. The Hall–Kier alpha value is -3.86. The predicted molar refractivity (Wildman–Crippen MR) is 111 cm³/mol. The molecule has 136 valence electrons. The molecule has 0 unspecified atom stereocenters. The van der Waals surface area contributed by atoms with Crippen molar-refractivity contribution in [3.05, 3.63) is 95.8 Å². The second kappa shape index (κ2) is 7.80. The van der Waals surface area contributed by atoms with E-state index < -0.39 is 0 Å². The number of fused-ring (bicyclic) bond motifs is 1. The standard InChI is InChI=1S/C23H18N4O/c1-16-9-11-17(12-10-16)22-14-20(19-7-2-3-8-21(19)26-22)23(28)27-25-15-18-6-4-5-13-24-18/h2-15H,1H3,(H,27,28)/b25-15-. The molecule has 5 nitrogen and oxygen atoms in total. The molecule has 2 aromatic carbocycles. The van der Waals surface area contributed by atoms with E-state index in [9.17, 15) is 4.79 Å². The summed E-state index contributed by atoms with van der Waals surface area (Å²) < 4.78 is 0. The van der Waals surface area contributed by atoms with Crippen LogP contribution in [0.5, 0.6) is 0 Å². The second-order valence-corrected chi connectivity index (χ2v) is 6.39. The van der Waals surface area contributed by atoms with Gasteiger partial charge in [-0.1, -0.05) is 54.1 Å². The van der Waals surface area contributed by atoms with Crippen LogP contribution in [0.25, 0.3) is 22.2 Å². The highest BCUT2D eigenvalue weighted by molar-refractivity contribution is 6.07. The first kappa shape index (κ1) is 17.5. The van der Waals surface area contributed by atoms with Gasteiger partial charge in [-0.05, 0) is 31.2 Å². The van der Waals surface area contributed by atoms with Gasteiger partial charge >= 0.3 is 0 Å². The van der Waals surface area contributed by atoms with E-state index >= 15 is 0 Å². The van der Waals surface area contributed by atoms with Gasteiger partial charge in [0.15, 0.2) is 0 Å². The van der Waals surface area contributed by atoms with Crippen molar-refractivity contribution >= 4 is 23.0 Å². The Balaban J connectivity index is 1.69. The third-order valence-electron chi connectivity index (χ3n) is 4.36. The van der Waals surface area contributed by atoms with Crippen LogP contribution in [0, 0.1) is 6.92 Å². The van der Waals surface area contributed by atoms with Crippen molar-refractivity contribution in [3.8, 4) is 11.3 Å². The number of pyridine rings is 2. The Morgan fingerprint density at radius 3 is 2.57 bits per heavy atom. The lowest BCUT2D eigenvalue weighted by atomic mass is 10.0. The van der Waals surface area contributed by atoms with Crippen molar-refractivity contribution in [2.75, 3.05) is 0 Å². The summed E-state index contributed by atoms with van der Waals surface area (Å²) in [5, 5.41) is 4.81. The number of aryl methyl sites for hydroxylation is 1. The number of carbonyl (C=O) groups is 1. The molecule has 1 N–H and O–H groups in total. The molecule has 4 rings (SSSR count). The van der Waals surface area contributed by atoms with Gasteiger partial charge < -0.3 is 0 Å². The molecule has 0 aliphatic heterocycles. The topological polar surface area (TPSA) is 67.2 Å². The number of nitrogens with one attached hydrogen (secondary N) is 1. The summed E-state index contributed by atoms with van der Waals surface area (Å²) in [5.41, 5.74) is 7.43. The van der Waals surface area contributed by atoms with E-state index in [1.165, 1.54) is 11.8 Å². The van der Waals surface area contributed by atoms with E-state index in [4.69, 9.17) is 4.98 Å². The van der Waals surface area contributed by atoms with E-state index in [-0.39, 0.29) is 5.91 Å². The van der Waals surface area contributed by atoms with Gasteiger partial charge in [-0.25, -0.2) is 10.4 Å². The average Bonchev–Trinajstić information content (AvgIpc) is 2.74. The fourth-order valence-corrected chi connectivity index (χ4v) is 2.91. The summed E-state index contributed by atoms with van der Waals surface area (Å²) in [7, 11) is 0. The first-order valence-electron chi connectivity index (χ1n) is 8.92. The van der Waals surface area contributed by atoms with Gasteiger partial charge in [0.2, 0.25) is 0 Å². The number of nitrogens with zero attached hydrogens (tertiary/aromatic N) is 3. The van der Waals surface area contributed by atoms with Gasteiger partial charge in [0.1, 0.15) is 0 Å². The molecule has 1 amide bonds. The number of benzene rings is 2. The maximum absolute atomic E-state index is 12.8. The van der Waals surface area contributed by atoms with Crippen molar-refractivity contribution < 1.29 is 4.79 Å². The van der Waals surface area contributed by atoms with Crippen molar-refractivity contribution in [1.29, 1.82) is 0 Å². The molecule has 2 aromatic heterocycles. The van der Waals surface area contributed by atoms with Crippen molar-refractivity contribution in [3.63, 3.8) is 0 Å². The largest absolute Gasteiger partial charge is 0.272 e. The number of rotatable bonds is 4. The van der Waals surface area contributed by atoms with E-state index in [0.29, 0.717) is 11.3 Å². The minimum atomic E-state index is -0.292. The van der Waals surface area contributed by atoms with Crippen LogP contribution >= 0.6 is 0 Å². The molecule has 0 spiro atoms. The molecule has 0 atom stereocenters. The summed E-state index contributed by atoms with van der Waals surface area (Å²) in [5.74, 6) is -0.292. The molecule has 0 fully saturated rings. The number of hydrogen-bond donors (Lipinski definition) is 1. The maximum atomic E-state index is 12.8. The van der Waals surface area contributed by atoms with Crippen LogP contribution in [-0.4, -0.2) is 22.1 Å². The van der Waals surface area contributed by atoms with Gasteiger partial charge in [-0.2, -0.15) is 5.10 Å². The quantitative estimate of drug-likeness (QED) is 0.431. The van der Waals surface area contributed by atoms with Crippen LogP contribution < -0.4 is 5.43 Å². The SMILES string of the molecule is Cc1ccc(-c2cc(C(=O)N/N=C\c3ccccn3)c3ccccc3n2)cc1. The third-order valence-corrected chi connectivity index (χ3v) is 4.36. The highest BCUT2D eigenvalue weighted by Crippen LogP contribution is 2.25. The lowest BCUT2D eigenvalue weighted by Gasteiger charge is -2.09. The molecule has 0 bridgehead atoms. The summed E-state index contributed by atoms with van der Waals surface area (Å²) in [6, 6.07) is 23.0. The molecule has 0 radical (unpaired) electrons. The molecule has 4 aromatic rings. The Labute approximate surface area is 162 Å². The zero-order valence-electron chi connectivity index (χ0n) is 15.3. The number of hydrazone groups is 1. The monoisotopic (exact) mass is 366 g/mol. The zero-order chi connectivity index (χ0) is 19.3. The Morgan fingerprint density at radius 1 is 1.00 bits per heavy atom. The lowest BCUT2D eigenvalue weighted by molar-refractivity contribution is 0.0956. The molecule has 0 saturated carbocycles. The maximum Gasteiger partial charge on any atom is 0.272 e. The second-order valence-electron chi connectivity index (χ2n) is 6.39. The fourth-order valence-electron chi connectivity index (χ4n) is 2.91. The van der Waals surface area contributed by atoms with Crippen LogP contribution in [-0.2, 0) is 0 Å². The van der Waals surface area contributed by atoms with E-state index in [0.717, 1.165) is 22.2 Å². The van der Waals surface area contributed by atoms with Crippen LogP contribution in [0.15, 0.2) is 84.1 Å². The van der Waals surface area contributed by atoms with Gasteiger partial charge in [0, 0.05) is 17.1 Å². The first-order chi connectivity index (χ1) is 13.7. The minimum Gasteiger partial charge on any atom is -0.267 e. The molecule has 2 heterocycles. The molecule has 0 aliphatic carbocycles. The van der Waals surface area contributed by atoms with Crippen molar-refractivity contribution in [2.24, 2.45) is 5.10 Å². The number of hydrogen-bond acceptors (Lipinski definition) is 4. The molecular weight excluding hydrogens is 348 g/mol. The number of amides is 1. The van der Waals surface area contributed by atoms with Crippen LogP contribution in [0.2, 0.25) is 0 Å². The van der Waals surface area contributed by atoms with Gasteiger partial charge in [-0.3, -0.25) is 9.78 Å². The van der Waals surface area contributed by atoms with Crippen LogP contribution in [0.4, 0.5) is 0 Å². The van der Waals surface area contributed by atoms with E-state index in [2.05, 4.69) is 15.5 Å². The summed E-state index contributed by atoms with van der Waals surface area (Å²) in [4.78, 5) is 21.7. The minimum absolute atomic E-state index is 0.292. The Kier molecular flexibility index (Phi) is 4.89. The van der Waals surface area contributed by atoms with Gasteiger partial charge in [0.05, 0.1) is 28.7 Å². The molecule has 28 heavy (non-hydrogen) atoms. The highest BCUT2D eigenvalue weighted by atomic mass is 16.2. The smallest absolute Gasteiger partial charge is 0.267 e. The molecular formula is C23H18N4O. The van der Waals surface area contributed by atoms with Crippen molar-refractivity contribution in [2.45, 2.75) is 6.92 Å². The average molecular weight is 366 g/mol. The predicted octanol–water partition coefficient (Wildman–Crippen LogP) is 4.37. The number of carbonyl (C=O) groups excluding carboxylic acids is 1.